The van der Waals surface area contributed by atoms with Gasteiger partial charge in [-0.15, -0.1) is 0 Å². The van der Waals surface area contributed by atoms with Crippen LogP contribution in [0.3, 0.4) is 0 Å². The highest BCUT2D eigenvalue weighted by atomic mass is 28.4. The molecule has 0 heterocycles. The quantitative estimate of drug-likeness (QED) is 0.317. The predicted molar refractivity (Wildman–Crippen MR) is 64.5 cm³/mol. The van der Waals surface area contributed by atoms with E-state index in [1.807, 2.05) is 0 Å². The van der Waals surface area contributed by atoms with E-state index >= 15 is 0 Å². The number of rotatable bonds is 5. The van der Waals surface area contributed by atoms with E-state index in [0.29, 0.717) is 10.8 Å². The van der Waals surface area contributed by atoms with Gasteiger partial charge in [-0.2, -0.15) is 0 Å². The molecular weight excluding hydrogens is 240 g/mol. The minimum Gasteiger partial charge on any atom is -0.373 e. The summed E-state index contributed by atoms with van der Waals surface area (Å²) in [5, 5.41) is 0.579. The van der Waals surface area contributed by atoms with Crippen LogP contribution in [0, 0.1) is 0 Å². The molecule has 0 spiro atoms. The van der Waals surface area contributed by atoms with Crippen LogP contribution in [0.25, 0.3) is 0 Å². The SMILES string of the molecule is CO[Si](OC)(OC)c1ccccc1C(=O)NN. The molecule has 0 aliphatic heterocycles. The Balaban J connectivity index is 3.33. The topological polar surface area (TPSA) is 82.8 Å². The van der Waals surface area contributed by atoms with Gasteiger partial charge in [-0.1, -0.05) is 18.2 Å². The Morgan fingerprint density at radius 1 is 1.18 bits per heavy atom. The van der Waals surface area contributed by atoms with Gasteiger partial charge in [0.05, 0.1) is 0 Å². The van der Waals surface area contributed by atoms with Gasteiger partial charge >= 0.3 is 8.80 Å². The summed E-state index contributed by atoms with van der Waals surface area (Å²) in [6.45, 7) is 0. The van der Waals surface area contributed by atoms with Crippen molar-refractivity contribution < 1.29 is 18.1 Å². The molecule has 3 N–H and O–H groups in total. The normalized spacial score (nSPS) is 11.3. The summed E-state index contributed by atoms with van der Waals surface area (Å²) >= 11 is 0. The fourth-order valence-corrected chi connectivity index (χ4v) is 3.59. The second-order valence-corrected chi connectivity index (χ2v) is 6.06. The molecule has 1 aromatic carbocycles. The fourth-order valence-electron chi connectivity index (χ4n) is 1.61. The Kier molecular flexibility index (Phi) is 4.79. The molecule has 0 bridgehead atoms. The maximum Gasteiger partial charge on any atom is 0.537 e. The van der Waals surface area contributed by atoms with Crippen molar-refractivity contribution in [1.82, 2.24) is 5.43 Å². The lowest BCUT2D eigenvalue weighted by atomic mass is 10.2. The molecule has 0 saturated carbocycles. The Morgan fingerprint density at radius 3 is 2.18 bits per heavy atom. The first kappa shape index (κ1) is 13.8. The van der Waals surface area contributed by atoms with Crippen molar-refractivity contribution in [2.24, 2.45) is 5.84 Å². The molecule has 1 amide bonds. The van der Waals surface area contributed by atoms with Crippen LogP contribution in [0.5, 0.6) is 0 Å². The highest BCUT2D eigenvalue weighted by Crippen LogP contribution is 2.10. The Hall–Kier alpha value is -1.25. The average Bonchev–Trinajstić information content (AvgIpc) is 2.41. The molecule has 0 saturated heterocycles. The van der Waals surface area contributed by atoms with E-state index in [1.165, 1.54) is 21.3 Å². The standard InChI is InChI=1S/C10H16N2O4Si/c1-14-17(15-2,16-3)9-7-5-4-6-8(9)10(13)12-11/h4-7H,11H2,1-3H3,(H,12,13). The van der Waals surface area contributed by atoms with Crippen molar-refractivity contribution in [3.63, 3.8) is 0 Å². The van der Waals surface area contributed by atoms with Gasteiger partial charge in [-0.25, -0.2) is 5.84 Å². The number of amides is 1. The molecule has 0 fully saturated rings. The van der Waals surface area contributed by atoms with Gasteiger partial charge in [-0.3, -0.25) is 10.2 Å². The molecule has 0 aliphatic rings. The third-order valence-electron chi connectivity index (χ3n) is 2.44. The van der Waals surface area contributed by atoms with Crippen LogP contribution in [0.15, 0.2) is 24.3 Å². The molecule has 0 aromatic heterocycles. The first-order valence-electron chi connectivity index (χ1n) is 4.91. The number of nitrogens with one attached hydrogen (secondary N) is 1. The Bertz CT molecular complexity index is 387. The zero-order valence-corrected chi connectivity index (χ0v) is 11.0. The number of nitrogen functional groups attached to an aromatic ring is 1. The van der Waals surface area contributed by atoms with Crippen molar-refractivity contribution in [3.05, 3.63) is 29.8 Å². The predicted octanol–water partition coefficient (Wildman–Crippen LogP) is -0.625. The average molecular weight is 256 g/mol. The maximum atomic E-state index is 11.6. The zero-order chi connectivity index (χ0) is 12.9. The van der Waals surface area contributed by atoms with Crippen LogP contribution in [0.1, 0.15) is 10.4 Å². The van der Waals surface area contributed by atoms with E-state index < -0.39 is 14.7 Å². The molecular formula is C10H16N2O4Si. The van der Waals surface area contributed by atoms with Gasteiger partial charge in [-0.05, 0) is 6.07 Å². The van der Waals surface area contributed by atoms with Crippen LogP contribution in [0.4, 0.5) is 0 Å². The summed E-state index contributed by atoms with van der Waals surface area (Å²) in [5.41, 5.74) is 2.46. The second kappa shape index (κ2) is 5.89. The monoisotopic (exact) mass is 256 g/mol. The summed E-state index contributed by atoms with van der Waals surface area (Å²) in [4.78, 5) is 11.6. The summed E-state index contributed by atoms with van der Waals surface area (Å²) in [5.74, 6) is 4.72. The van der Waals surface area contributed by atoms with Crippen molar-refractivity contribution in [2.75, 3.05) is 21.3 Å². The summed E-state index contributed by atoms with van der Waals surface area (Å²) < 4.78 is 16.0. The number of carbonyl (C=O) groups is 1. The maximum absolute atomic E-state index is 11.6. The van der Waals surface area contributed by atoms with Crippen LogP contribution in [-0.2, 0) is 13.3 Å². The molecule has 6 nitrogen and oxygen atoms in total. The molecule has 1 rings (SSSR count). The lowest BCUT2D eigenvalue weighted by Gasteiger charge is -2.26. The number of hydrazine groups is 1. The number of hydrogen-bond acceptors (Lipinski definition) is 5. The minimum atomic E-state index is -3.03. The number of carbonyl (C=O) groups excluding carboxylic acids is 1. The molecule has 0 radical (unpaired) electrons. The first-order valence-corrected chi connectivity index (χ1v) is 6.63. The fraction of sp³-hybridized carbons (Fsp3) is 0.300. The van der Waals surface area contributed by atoms with E-state index in [9.17, 15) is 4.79 Å². The van der Waals surface area contributed by atoms with E-state index in [-0.39, 0.29) is 0 Å². The third-order valence-corrected chi connectivity index (χ3v) is 5.15. The molecule has 0 atom stereocenters. The van der Waals surface area contributed by atoms with Gasteiger partial charge in [0, 0.05) is 32.1 Å². The van der Waals surface area contributed by atoms with Gasteiger partial charge in [0.2, 0.25) is 0 Å². The second-order valence-electron chi connectivity index (χ2n) is 3.19. The van der Waals surface area contributed by atoms with Crippen molar-refractivity contribution >= 4 is 19.9 Å². The van der Waals surface area contributed by atoms with E-state index in [0.717, 1.165) is 0 Å². The molecule has 94 valence electrons. The Morgan fingerprint density at radius 2 is 1.71 bits per heavy atom. The molecule has 17 heavy (non-hydrogen) atoms. The molecule has 0 unspecified atom stereocenters. The zero-order valence-electron chi connectivity index (χ0n) is 10.0. The number of benzene rings is 1. The highest BCUT2D eigenvalue weighted by Gasteiger charge is 2.43. The first-order chi connectivity index (χ1) is 8.15. The van der Waals surface area contributed by atoms with Crippen LogP contribution in [0.2, 0.25) is 0 Å². The molecule has 1 aromatic rings. The van der Waals surface area contributed by atoms with Crippen LogP contribution < -0.4 is 16.5 Å². The molecule has 0 aliphatic carbocycles. The number of hydrogen-bond donors (Lipinski definition) is 2. The van der Waals surface area contributed by atoms with Gasteiger partial charge in [0.15, 0.2) is 0 Å². The summed E-state index contributed by atoms with van der Waals surface area (Å²) in [6, 6.07) is 6.87. The highest BCUT2D eigenvalue weighted by molar-refractivity contribution is 6.76. The largest absolute Gasteiger partial charge is 0.537 e. The Labute approximate surface area is 101 Å². The third kappa shape index (κ3) is 2.53. The van der Waals surface area contributed by atoms with Crippen molar-refractivity contribution in [2.45, 2.75) is 0 Å². The van der Waals surface area contributed by atoms with Crippen molar-refractivity contribution in [1.29, 1.82) is 0 Å². The van der Waals surface area contributed by atoms with Gasteiger partial charge < -0.3 is 13.3 Å². The van der Waals surface area contributed by atoms with Gasteiger partial charge in [0.1, 0.15) is 0 Å². The van der Waals surface area contributed by atoms with E-state index in [4.69, 9.17) is 19.1 Å². The molecule has 7 heteroatoms. The minimum absolute atomic E-state index is 0.382. The van der Waals surface area contributed by atoms with Crippen LogP contribution in [-0.4, -0.2) is 36.0 Å². The van der Waals surface area contributed by atoms with E-state index in [1.54, 1.807) is 24.3 Å². The summed E-state index contributed by atoms with van der Waals surface area (Å²) in [7, 11) is 1.41. The smallest absolute Gasteiger partial charge is 0.373 e. The van der Waals surface area contributed by atoms with Crippen LogP contribution >= 0.6 is 0 Å². The lowest BCUT2D eigenvalue weighted by molar-refractivity contribution is 0.0951. The summed E-state index contributed by atoms with van der Waals surface area (Å²) in [6.07, 6.45) is 0. The van der Waals surface area contributed by atoms with Crippen molar-refractivity contribution in [3.8, 4) is 0 Å². The number of nitrogens with two attached hydrogens (primary N) is 1. The lowest BCUT2D eigenvalue weighted by Crippen LogP contribution is -2.57. The van der Waals surface area contributed by atoms with E-state index in [2.05, 4.69) is 5.43 Å². The van der Waals surface area contributed by atoms with Gasteiger partial charge in [0.25, 0.3) is 5.91 Å².